The van der Waals surface area contributed by atoms with Crippen LogP contribution in [0.5, 0.6) is 5.75 Å². The fourth-order valence-corrected chi connectivity index (χ4v) is 5.66. The normalized spacial score (nSPS) is 15.8. The van der Waals surface area contributed by atoms with Gasteiger partial charge in [-0.3, -0.25) is 4.90 Å². The van der Waals surface area contributed by atoms with E-state index >= 15 is 0 Å². The summed E-state index contributed by atoms with van der Waals surface area (Å²) in [6, 6.07) is 23.5. The molecule has 0 amide bonds. The number of benzene rings is 3. The fourth-order valence-electron chi connectivity index (χ4n) is 4.11. The average Bonchev–Trinajstić information content (AvgIpc) is 2.92. The van der Waals surface area contributed by atoms with E-state index in [4.69, 9.17) is 26.3 Å². The molecule has 1 aliphatic rings. The van der Waals surface area contributed by atoms with Gasteiger partial charge in [0.1, 0.15) is 5.75 Å². The topological polar surface area (TPSA) is 82.9 Å². The molecule has 1 heterocycles. The Morgan fingerprint density at radius 2 is 1.69 bits per heavy atom. The van der Waals surface area contributed by atoms with E-state index in [1.165, 1.54) is 4.31 Å². The van der Waals surface area contributed by atoms with Crippen LogP contribution in [0.25, 0.3) is 0 Å². The summed E-state index contributed by atoms with van der Waals surface area (Å²) in [6.45, 7) is 2.97. The number of nitriles is 1. The summed E-state index contributed by atoms with van der Waals surface area (Å²) >= 11 is 5.92. The van der Waals surface area contributed by atoms with Crippen molar-refractivity contribution < 1.29 is 17.9 Å². The average molecular weight is 526 g/mol. The van der Waals surface area contributed by atoms with Crippen LogP contribution in [-0.4, -0.2) is 57.5 Å². The molecule has 0 N–H and O–H groups in total. The number of hydrogen-bond donors (Lipinski definition) is 0. The number of methoxy groups -OCH3 is 1. The minimum absolute atomic E-state index is 0.241. The highest BCUT2D eigenvalue weighted by Crippen LogP contribution is 2.26. The number of ether oxygens (including phenoxy) is 2. The predicted octanol–water partition coefficient (Wildman–Crippen LogP) is 4.48. The Kier molecular flexibility index (Phi) is 8.62. The van der Waals surface area contributed by atoms with E-state index in [0.29, 0.717) is 49.9 Å². The van der Waals surface area contributed by atoms with E-state index < -0.39 is 10.0 Å². The molecule has 0 saturated carbocycles. The third kappa shape index (κ3) is 6.44. The Balaban J connectivity index is 1.43. The van der Waals surface area contributed by atoms with Crippen molar-refractivity contribution in [1.29, 1.82) is 5.26 Å². The van der Waals surface area contributed by atoms with Crippen LogP contribution in [0.2, 0.25) is 5.02 Å². The van der Waals surface area contributed by atoms with Gasteiger partial charge in [-0.15, -0.1) is 0 Å². The maximum atomic E-state index is 13.0. The van der Waals surface area contributed by atoms with E-state index in [1.54, 1.807) is 43.5 Å². The van der Waals surface area contributed by atoms with Gasteiger partial charge < -0.3 is 9.47 Å². The van der Waals surface area contributed by atoms with Gasteiger partial charge in [0.15, 0.2) is 0 Å². The van der Waals surface area contributed by atoms with Crippen LogP contribution in [0, 0.1) is 11.3 Å². The van der Waals surface area contributed by atoms with E-state index in [1.807, 2.05) is 36.4 Å². The van der Waals surface area contributed by atoms with Gasteiger partial charge in [0.05, 0.1) is 36.3 Å². The van der Waals surface area contributed by atoms with Gasteiger partial charge in [0.25, 0.3) is 0 Å². The standard InChI is InChI=1S/C27H28ClN3O4S/c1-34-25-4-2-3-23(17-25)27(35-20-22-7-5-21(18-29)6-8-22)19-30-13-15-31(16-14-30)36(32,33)26-11-9-24(28)10-12-26/h2-12,17,27H,13-16,19-20H2,1H3. The number of rotatable bonds is 9. The molecule has 0 spiro atoms. The van der Waals surface area contributed by atoms with Crippen LogP contribution in [-0.2, 0) is 21.4 Å². The number of hydrogen-bond acceptors (Lipinski definition) is 6. The van der Waals surface area contributed by atoms with Gasteiger partial charge in [-0.25, -0.2) is 8.42 Å². The Labute approximate surface area is 217 Å². The monoisotopic (exact) mass is 525 g/mol. The van der Waals surface area contributed by atoms with Gasteiger partial charge in [-0.1, -0.05) is 35.9 Å². The first-order valence-electron chi connectivity index (χ1n) is 11.6. The largest absolute Gasteiger partial charge is 0.497 e. The number of piperazine rings is 1. The highest BCUT2D eigenvalue weighted by atomic mass is 35.5. The predicted molar refractivity (Wildman–Crippen MR) is 138 cm³/mol. The first-order valence-corrected chi connectivity index (χ1v) is 13.4. The van der Waals surface area contributed by atoms with Crippen LogP contribution < -0.4 is 4.74 Å². The van der Waals surface area contributed by atoms with E-state index in [2.05, 4.69) is 11.0 Å². The summed E-state index contributed by atoms with van der Waals surface area (Å²) in [6.07, 6.45) is -0.241. The molecule has 4 rings (SSSR count). The molecule has 0 aromatic heterocycles. The molecule has 3 aromatic rings. The lowest BCUT2D eigenvalue weighted by Gasteiger charge is -2.36. The van der Waals surface area contributed by atoms with Crippen molar-refractivity contribution in [3.05, 3.63) is 94.5 Å². The molecule has 0 aliphatic carbocycles. The van der Waals surface area contributed by atoms with Crippen LogP contribution in [0.15, 0.2) is 77.7 Å². The maximum absolute atomic E-state index is 13.0. The van der Waals surface area contributed by atoms with Crippen molar-refractivity contribution in [2.75, 3.05) is 39.8 Å². The highest BCUT2D eigenvalue weighted by molar-refractivity contribution is 7.89. The lowest BCUT2D eigenvalue weighted by Crippen LogP contribution is -2.49. The third-order valence-electron chi connectivity index (χ3n) is 6.21. The molecule has 1 fully saturated rings. The molecular weight excluding hydrogens is 498 g/mol. The summed E-state index contributed by atoms with van der Waals surface area (Å²) < 4.78 is 39.3. The zero-order valence-corrected chi connectivity index (χ0v) is 21.6. The van der Waals surface area contributed by atoms with Gasteiger partial charge in [0, 0.05) is 37.7 Å². The van der Waals surface area contributed by atoms with Crippen LogP contribution >= 0.6 is 11.6 Å². The fraction of sp³-hybridized carbons (Fsp3) is 0.296. The van der Waals surface area contributed by atoms with Crippen LogP contribution in [0.4, 0.5) is 0 Å². The van der Waals surface area contributed by atoms with Crippen molar-refractivity contribution in [2.45, 2.75) is 17.6 Å². The van der Waals surface area contributed by atoms with E-state index in [0.717, 1.165) is 16.9 Å². The van der Waals surface area contributed by atoms with Crippen molar-refractivity contribution in [2.24, 2.45) is 0 Å². The molecule has 3 aromatic carbocycles. The smallest absolute Gasteiger partial charge is 0.243 e. The molecule has 0 bridgehead atoms. The Morgan fingerprint density at radius 1 is 1.00 bits per heavy atom. The van der Waals surface area contributed by atoms with Crippen LogP contribution in [0.3, 0.4) is 0 Å². The van der Waals surface area contributed by atoms with Crippen molar-refractivity contribution in [3.63, 3.8) is 0 Å². The number of nitrogens with zero attached hydrogens (tertiary/aromatic N) is 3. The molecule has 1 aliphatic heterocycles. The molecule has 36 heavy (non-hydrogen) atoms. The lowest BCUT2D eigenvalue weighted by atomic mass is 10.1. The second-order valence-electron chi connectivity index (χ2n) is 8.54. The van der Waals surface area contributed by atoms with Gasteiger partial charge >= 0.3 is 0 Å². The van der Waals surface area contributed by atoms with Gasteiger partial charge in [0.2, 0.25) is 10.0 Å². The Morgan fingerprint density at radius 3 is 2.33 bits per heavy atom. The zero-order valence-electron chi connectivity index (χ0n) is 20.0. The second kappa shape index (κ2) is 11.9. The quantitative estimate of drug-likeness (QED) is 0.409. The summed E-state index contributed by atoms with van der Waals surface area (Å²) in [7, 11) is -1.94. The lowest BCUT2D eigenvalue weighted by molar-refractivity contribution is 0.00763. The summed E-state index contributed by atoms with van der Waals surface area (Å²) in [5.74, 6) is 0.748. The molecule has 1 saturated heterocycles. The Hall–Kier alpha value is -2.93. The molecular formula is C27H28ClN3O4S. The number of sulfonamides is 1. The maximum Gasteiger partial charge on any atom is 0.243 e. The summed E-state index contributed by atoms with van der Waals surface area (Å²) in [5, 5.41) is 9.53. The summed E-state index contributed by atoms with van der Waals surface area (Å²) in [5.41, 5.74) is 2.56. The minimum atomic E-state index is -3.57. The van der Waals surface area contributed by atoms with Crippen molar-refractivity contribution >= 4 is 21.6 Å². The van der Waals surface area contributed by atoms with E-state index in [-0.39, 0.29) is 11.0 Å². The first-order chi connectivity index (χ1) is 17.4. The first kappa shape index (κ1) is 26.1. The molecule has 1 atom stereocenters. The number of halogens is 1. The Bertz CT molecular complexity index is 1300. The van der Waals surface area contributed by atoms with E-state index in [9.17, 15) is 8.42 Å². The third-order valence-corrected chi connectivity index (χ3v) is 8.37. The highest BCUT2D eigenvalue weighted by Gasteiger charge is 2.29. The molecule has 1 unspecified atom stereocenters. The molecule has 188 valence electrons. The molecule has 0 radical (unpaired) electrons. The molecule has 7 nitrogen and oxygen atoms in total. The SMILES string of the molecule is COc1cccc(C(CN2CCN(S(=O)(=O)c3ccc(Cl)cc3)CC2)OCc2ccc(C#N)cc2)c1. The molecule has 9 heteroatoms. The summed E-state index contributed by atoms with van der Waals surface area (Å²) in [4.78, 5) is 2.47. The van der Waals surface area contributed by atoms with Crippen molar-refractivity contribution in [3.8, 4) is 11.8 Å². The minimum Gasteiger partial charge on any atom is -0.497 e. The second-order valence-corrected chi connectivity index (χ2v) is 10.9. The van der Waals surface area contributed by atoms with Gasteiger partial charge in [-0.2, -0.15) is 9.57 Å². The zero-order chi connectivity index (χ0) is 25.5. The van der Waals surface area contributed by atoms with Crippen molar-refractivity contribution in [1.82, 2.24) is 9.21 Å². The van der Waals surface area contributed by atoms with Gasteiger partial charge in [-0.05, 0) is 59.7 Å². The van der Waals surface area contributed by atoms with Crippen LogP contribution in [0.1, 0.15) is 22.8 Å².